The molecule has 1 aliphatic rings. The van der Waals surface area contributed by atoms with E-state index in [0.717, 1.165) is 29.8 Å². The summed E-state index contributed by atoms with van der Waals surface area (Å²) < 4.78 is 7.19. The SMILES string of the molecule is CCOC(=O)[C@H]1CCCCN1C(=O)CSc1nnc(-c2ccccc2C)n1CC. The molecular formula is C21H28N4O3S. The highest BCUT2D eigenvalue weighted by atomic mass is 32.2. The van der Waals surface area contributed by atoms with Crippen molar-refractivity contribution in [2.45, 2.75) is 57.8 Å². The molecule has 1 fully saturated rings. The predicted molar refractivity (Wildman–Crippen MR) is 113 cm³/mol. The topological polar surface area (TPSA) is 77.3 Å². The van der Waals surface area contributed by atoms with Gasteiger partial charge in [-0.3, -0.25) is 4.79 Å². The third-order valence-corrected chi connectivity index (χ3v) is 6.08. The number of benzene rings is 1. The lowest BCUT2D eigenvalue weighted by Crippen LogP contribution is -2.49. The minimum absolute atomic E-state index is 0.0594. The zero-order valence-corrected chi connectivity index (χ0v) is 18.1. The summed E-state index contributed by atoms with van der Waals surface area (Å²) in [7, 11) is 0. The van der Waals surface area contributed by atoms with Crippen molar-refractivity contribution in [1.82, 2.24) is 19.7 Å². The van der Waals surface area contributed by atoms with Gasteiger partial charge >= 0.3 is 5.97 Å². The number of rotatable bonds is 7. The monoisotopic (exact) mass is 416 g/mol. The first kappa shape index (κ1) is 21.4. The Bertz CT molecular complexity index is 867. The normalized spacial score (nSPS) is 16.7. The fourth-order valence-corrected chi connectivity index (χ4v) is 4.51. The van der Waals surface area contributed by atoms with E-state index in [4.69, 9.17) is 4.74 Å². The fourth-order valence-electron chi connectivity index (χ4n) is 3.63. The molecule has 156 valence electrons. The average molecular weight is 417 g/mol. The van der Waals surface area contributed by atoms with E-state index in [1.807, 2.05) is 42.7 Å². The fraction of sp³-hybridized carbons (Fsp3) is 0.524. The van der Waals surface area contributed by atoms with Crippen molar-refractivity contribution in [3.63, 3.8) is 0 Å². The van der Waals surface area contributed by atoms with Gasteiger partial charge in [0.2, 0.25) is 5.91 Å². The summed E-state index contributed by atoms with van der Waals surface area (Å²) in [6.07, 6.45) is 2.51. The Hall–Kier alpha value is -2.35. The predicted octanol–water partition coefficient (Wildman–Crippen LogP) is 3.31. The van der Waals surface area contributed by atoms with Crippen LogP contribution in [0.2, 0.25) is 0 Å². The number of hydrogen-bond acceptors (Lipinski definition) is 6. The first-order valence-electron chi connectivity index (χ1n) is 10.1. The van der Waals surface area contributed by atoms with Crippen LogP contribution in [0.5, 0.6) is 0 Å². The maximum Gasteiger partial charge on any atom is 0.328 e. The minimum Gasteiger partial charge on any atom is -0.464 e. The molecule has 0 N–H and O–H groups in total. The first-order chi connectivity index (χ1) is 14.1. The van der Waals surface area contributed by atoms with Crippen LogP contribution >= 0.6 is 11.8 Å². The van der Waals surface area contributed by atoms with E-state index in [9.17, 15) is 9.59 Å². The van der Waals surface area contributed by atoms with Gasteiger partial charge in [0.15, 0.2) is 11.0 Å². The Balaban J connectivity index is 1.71. The van der Waals surface area contributed by atoms with Gasteiger partial charge < -0.3 is 14.2 Å². The van der Waals surface area contributed by atoms with Gasteiger partial charge in [0, 0.05) is 18.7 Å². The summed E-state index contributed by atoms with van der Waals surface area (Å²) in [6.45, 7) is 7.50. The third-order valence-electron chi connectivity index (χ3n) is 5.13. The van der Waals surface area contributed by atoms with E-state index >= 15 is 0 Å². The Labute approximate surface area is 175 Å². The number of carbonyl (C=O) groups excluding carboxylic acids is 2. The number of carbonyl (C=O) groups is 2. The van der Waals surface area contributed by atoms with E-state index < -0.39 is 6.04 Å². The maximum absolute atomic E-state index is 12.9. The van der Waals surface area contributed by atoms with Crippen LogP contribution in [0.1, 0.15) is 38.7 Å². The standard InChI is InChI=1S/C21H28N4O3S/c1-4-24-19(16-11-7-6-10-15(16)3)22-23-21(24)29-14-18(26)25-13-9-8-12-17(25)20(27)28-5-2/h6-7,10-11,17H,4-5,8-9,12-14H2,1-3H3/t17-/m1/s1. The molecule has 8 heteroatoms. The summed E-state index contributed by atoms with van der Waals surface area (Å²) in [5, 5.41) is 9.40. The van der Waals surface area contributed by atoms with Crippen molar-refractivity contribution in [3.8, 4) is 11.4 Å². The number of likely N-dealkylation sites (tertiary alicyclic amines) is 1. The molecule has 29 heavy (non-hydrogen) atoms. The molecule has 1 aromatic carbocycles. The molecule has 2 heterocycles. The van der Waals surface area contributed by atoms with Gasteiger partial charge in [-0.05, 0) is 45.6 Å². The molecule has 0 aliphatic carbocycles. The molecule has 3 rings (SSSR count). The van der Waals surface area contributed by atoms with Crippen LogP contribution in [0.4, 0.5) is 0 Å². The van der Waals surface area contributed by atoms with E-state index in [1.165, 1.54) is 11.8 Å². The van der Waals surface area contributed by atoms with Gasteiger partial charge in [-0.15, -0.1) is 10.2 Å². The Morgan fingerprint density at radius 3 is 2.72 bits per heavy atom. The Kier molecular flexibility index (Phi) is 7.30. The van der Waals surface area contributed by atoms with E-state index in [1.54, 1.807) is 11.8 Å². The summed E-state index contributed by atoms with van der Waals surface area (Å²) in [5.74, 6) is 0.671. The van der Waals surface area contributed by atoms with Gasteiger partial charge in [-0.25, -0.2) is 4.79 Å². The number of aromatic nitrogens is 3. The number of thioether (sulfide) groups is 1. The van der Waals surface area contributed by atoms with Gasteiger partial charge in [0.1, 0.15) is 6.04 Å². The maximum atomic E-state index is 12.9. The van der Waals surface area contributed by atoms with E-state index in [-0.39, 0.29) is 17.6 Å². The molecule has 0 spiro atoms. The molecule has 1 aliphatic heterocycles. The zero-order chi connectivity index (χ0) is 20.8. The van der Waals surface area contributed by atoms with Gasteiger partial charge in [0.05, 0.1) is 12.4 Å². The second kappa shape index (κ2) is 9.91. The molecular weight excluding hydrogens is 388 g/mol. The van der Waals surface area contributed by atoms with Crippen LogP contribution in [0.3, 0.4) is 0 Å². The second-order valence-corrected chi connectivity index (χ2v) is 7.95. The Morgan fingerprint density at radius 1 is 1.21 bits per heavy atom. The van der Waals surface area contributed by atoms with Gasteiger partial charge in [0.25, 0.3) is 0 Å². The highest BCUT2D eigenvalue weighted by molar-refractivity contribution is 7.99. The molecule has 1 atom stereocenters. The van der Waals surface area contributed by atoms with Crippen molar-refractivity contribution in [2.75, 3.05) is 18.9 Å². The lowest BCUT2D eigenvalue weighted by Gasteiger charge is -2.33. The lowest BCUT2D eigenvalue weighted by atomic mass is 10.0. The molecule has 7 nitrogen and oxygen atoms in total. The van der Waals surface area contributed by atoms with Crippen molar-refractivity contribution >= 4 is 23.6 Å². The summed E-state index contributed by atoms with van der Waals surface area (Å²) in [4.78, 5) is 26.8. The molecule has 0 unspecified atom stereocenters. The third kappa shape index (κ3) is 4.80. The molecule has 0 bridgehead atoms. The van der Waals surface area contributed by atoms with Crippen LogP contribution in [0.25, 0.3) is 11.4 Å². The van der Waals surface area contributed by atoms with Crippen molar-refractivity contribution < 1.29 is 14.3 Å². The smallest absolute Gasteiger partial charge is 0.328 e. The van der Waals surface area contributed by atoms with Crippen LogP contribution in [-0.2, 0) is 20.9 Å². The molecule has 0 radical (unpaired) electrons. The van der Waals surface area contributed by atoms with Crippen molar-refractivity contribution in [3.05, 3.63) is 29.8 Å². The zero-order valence-electron chi connectivity index (χ0n) is 17.3. The van der Waals surface area contributed by atoms with Crippen molar-refractivity contribution in [2.24, 2.45) is 0 Å². The van der Waals surface area contributed by atoms with Crippen LogP contribution in [-0.4, -0.2) is 56.5 Å². The molecule has 1 saturated heterocycles. The molecule has 1 aromatic heterocycles. The molecule has 1 amide bonds. The van der Waals surface area contributed by atoms with Crippen LogP contribution in [0.15, 0.2) is 29.4 Å². The summed E-state index contributed by atoms with van der Waals surface area (Å²) in [6, 6.07) is 7.59. The summed E-state index contributed by atoms with van der Waals surface area (Å²) >= 11 is 1.37. The highest BCUT2D eigenvalue weighted by Gasteiger charge is 2.33. The van der Waals surface area contributed by atoms with Crippen LogP contribution < -0.4 is 0 Å². The average Bonchev–Trinajstić information content (AvgIpc) is 3.15. The largest absolute Gasteiger partial charge is 0.464 e. The number of piperidine rings is 1. The molecule has 2 aromatic rings. The summed E-state index contributed by atoms with van der Waals surface area (Å²) in [5.41, 5.74) is 2.17. The van der Waals surface area contributed by atoms with Crippen LogP contribution in [0, 0.1) is 6.92 Å². The van der Waals surface area contributed by atoms with Crippen molar-refractivity contribution in [1.29, 1.82) is 0 Å². The highest BCUT2D eigenvalue weighted by Crippen LogP contribution is 2.27. The lowest BCUT2D eigenvalue weighted by molar-refractivity contribution is -0.155. The number of amides is 1. The van der Waals surface area contributed by atoms with Gasteiger partial charge in [-0.1, -0.05) is 36.0 Å². The number of esters is 1. The number of aryl methyl sites for hydroxylation is 1. The van der Waals surface area contributed by atoms with E-state index in [2.05, 4.69) is 10.2 Å². The van der Waals surface area contributed by atoms with Gasteiger partial charge in [-0.2, -0.15) is 0 Å². The first-order valence-corrected chi connectivity index (χ1v) is 11.1. The Morgan fingerprint density at radius 2 is 2.00 bits per heavy atom. The number of hydrogen-bond donors (Lipinski definition) is 0. The second-order valence-electron chi connectivity index (χ2n) is 7.00. The quantitative estimate of drug-likeness (QED) is 0.509. The van der Waals surface area contributed by atoms with E-state index in [0.29, 0.717) is 31.3 Å². The molecule has 0 saturated carbocycles. The number of nitrogens with zero attached hydrogens (tertiary/aromatic N) is 4. The minimum atomic E-state index is -0.469. The number of ether oxygens (including phenoxy) is 1.